The number of carbonyl (C=O) groups excluding carboxylic acids is 1. The smallest absolute Gasteiger partial charge is 0.244 e. The first-order valence-electron chi connectivity index (χ1n) is 8.49. The molecule has 10 heteroatoms. The summed E-state index contributed by atoms with van der Waals surface area (Å²) in [6.07, 6.45) is 0.994. The van der Waals surface area contributed by atoms with Crippen LogP contribution in [0.5, 0.6) is 0 Å². The zero-order valence-corrected chi connectivity index (χ0v) is 16.8. The van der Waals surface area contributed by atoms with E-state index in [1.54, 1.807) is 0 Å². The molecule has 0 bridgehead atoms. The highest BCUT2D eigenvalue weighted by molar-refractivity contribution is 7.89. The number of rotatable bonds is 4. The number of hydrogen-bond acceptors (Lipinski definition) is 5. The average Bonchev–Trinajstić information content (AvgIpc) is 3.28. The number of sulfonamides is 1. The van der Waals surface area contributed by atoms with Crippen LogP contribution < -0.4 is 5.32 Å². The number of anilines is 1. The highest BCUT2D eigenvalue weighted by atomic mass is 35.5. The van der Waals surface area contributed by atoms with E-state index in [1.807, 2.05) is 0 Å². The molecular formula is C18H15ClFN3O3S2. The minimum atomic E-state index is -3.82. The number of benzene rings is 2. The molecule has 1 unspecified atom stereocenters. The number of hydrogen-bond donors (Lipinski definition) is 1. The topological polar surface area (TPSA) is 79.4 Å². The Morgan fingerprint density at radius 2 is 2.00 bits per heavy atom. The minimum Gasteiger partial charge on any atom is -0.301 e. The monoisotopic (exact) mass is 439 g/mol. The molecule has 0 spiro atoms. The highest BCUT2D eigenvalue weighted by Crippen LogP contribution is 2.30. The number of halogens is 2. The van der Waals surface area contributed by atoms with Crippen molar-refractivity contribution in [1.82, 2.24) is 9.29 Å². The number of amides is 1. The first-order valence-corrected chi connectivity index (χ1v) is 11.1. The van der Waals surface area contributed by atoms with E-state index in [0.29, 0.717) is 33.2 Å². The molecule has 1 aliphatic heterocycles. The van der Waals surface area contributed by atoms with Crippen molar-refractivity contribution >= 4 is 54.2 Å². The van der Waals surface area contributed by atoms with Gasteiger partial charge in [-0.1, -0.05) is 22.9 Å². The van der Waals surface area contributed by atoms with Crippen molar-refractivity contribution in [2.24, 2.45) is 0 Å². The summed E-state index contributed by atoms with van der Waals surface area (Å²) in [7, 11) is -3.82. The molecule has 0 aliphatic carbocycles. The lowest BCUT2D eigenvalue weighted by atomic mass is 10.2. The van der Waals surface area contributed by atoms with E-state index in [2.05, 4.69) is 10.3 Å². The number of nitrogens with zero attached hydrogens (tertiary/aromatic N) is 2. The van der Waals surface area contributed by atoms with Gasteiger partial charge in [-0.3, -0.25) is 4.79 Å². The van der Waals surface area contributed by atoms with Crippen LogP contribution >= 0.6 is 22.9 Å². The molecule has 1 saturated heterocycles. The molecule has 146 valence electrons. The summed E-state index contributed by atoms with van der Waals surface area (Å²) >= 11 is 6.97. The summed E-state index contributed by atoms with van der Waals surface area (Å²) < 4.78 is 41.0. The SMILES string of the molecule is O=C(Nc1nc2ccc(F)cc2s1)C1CCCN1S(=O)(=O)c1ccc(Cl)cc1. The van der Waals surface area contributed by atoms with Crippen molar-refractivity contribution in [2.75, 3.05) is 11.9 Å². The summed E-state index contributed by atoms with van der Waals surface area (Å²) in [5.74, 6) is -0.834. The lowest BCUT2D eigenvalue weighted by Crippen LogP contribution is -2.43. The van der Waals surface area contributed by atoms with Crippen molar-refractivity contribution in [2.45, 2.75) is 23.8 Å². The Bertz CT molecular complexity index is 1150. The van der Waals surface area contributed by atoms with Crippen molar-refractivity contribution in [3.8, 4) is 0 Å². The lowest BCUT2D eigenvalue weighted by Gasteiger charge is -2.23. The van der Waals surface area contributed by atoms with E-state index in [0.717, 1.165) is 11.3 Å². The molecule has 1 aromatic heterocycles. The van der Waals surface area contributed by atoms with Crippen molar-refractivity contribution in [3.05, 3.63) is 53.3 Å². The summed E-state index contributed by atoms with van der Waals surface area (Å²) in [5.41, 5.74) is 0.568. The van der Waals surface area contributed by atoms with Gasteiger partial charge >= 0.3 is 0 Å². The molecule has 6 nitrogen and oxygen atoms in total. The van der Waals surface area contributed by atoms with Gasteiger partial charge in [-0.25, -0.2) is 17.8 Å². The first kappa shape index (κ1) is 19.3. The number of carbonyl (C=O) groups is 1. The van der Waals surface area contributed by atoms with Gasteiger partial charge in [0.05, 0.1) is 15.1 Å². The van der Waals surface area contributed by atoms with Gasteiger partial charge in [0.2, 0.25) is 15.9 Å². The molecule has 1 aliphatic rings. The van der Waals surface area contributed by atoms with Crippen LogP contribution in [0.1, 0.15) is 12.8 Å². The molecule has 28 heavy (non-hydrogen) atoms. The maximum Gasteiger partial charge on any atom is 0.244 e. The van der Waals surface area contributed by atoms with Crippen LogP contribution in [-0.4, -0.2) is 36.2 Å². The van der Waals surface area contributed by atoms with Crippen LogP contribution in [0.15, 0.2) is 47.4 Å². The van der Waals surface area contributed by atoms with Crippen LogP contribution in [0.4, 0.5) is 9.52 Å². The van der Waals surface area contributed by atoms with E-state index in [1.165, 1.54) is 46.8 Å². The van der Waals surface area contributed by atoms with E-state index >= 15 is 0 Å². The van der Waals surface area contributed by atoms with Gasteiger partial charge in [-0.2, -0.15) is 4.31 Å². The molecular weight excluding hydrogens is 425 g/mol. The zero-order valence-electron chi connectivity index (χ0n) is 14.4. The molecule has 1 amide bonds. The van der Waals surface area contributed by atoms with Crippen molar-refractivity contribution in [3.63, 3.8) is 0 Å². The van der Waals surface area contributed by atoms with Crippen LogP contribution in [-0.2, 0) is 14.8 Å². The molecule has 2 aromatic carbocycles. The molecule has 0 radical (unpaired) electrons. The standard InChI is InChI=1S/C18H15ClFN3O3S2/c19-11-3-6-13(7-4-11)28(25,26)23-9-1-2-15(23)17(24)22-18-21-14-8-5-12(20)10-16(14)27-18/h3-8,10,15H,1-2,9H2,(H,21,22,24). The normalized spacial score (nSPS) is 17.9. The third-order valence-corrected chi connectivity index (χ3v) is 7.62. The Labute approximate surface area is 170 Å². The fourth-order valence-corrected chi connectivity index (χ4v) is 5.85. The Hall–Kier alpha value is -2.07. The Kier molecular flexibility index (Phi) is 5.09. The summed E-state index contributed by atoms with van der Waals surface area (Å²) in [6, 6.07) is 9.19. The molecule has 0 saturated carbocycles. The Morgan fingerprint density at radius 3 is 2.75 bits per heavy atom. The van der Waals surface area contributed by atoms with Crippen LogP contribution in [0.25, 0.3) is 10.2 Å². The molecule has 3 aromatic rings. The van der Waals surface area contributed by atoms with Gasteiger partial charge < -0.3 is 5.32 Å². The Balaban J connectivity index is 1.56. The van der Waals surface area contributed by atoms with Gasteiger partial charge in [-0.15, -0.1) is 0 Å². The predicted octanol–water partition coefficient (Wildman–Crippen LogP) is 3.88. The lowest BCUT2D eigenvalue weighted by molar-refractivity contribution is -0.119. The van der Waals surface area contributed by atoms with Crippen LogP contribution in [0.3, 0.4) is 0 Å². The molecule has 1 N–H and O–H groups in total. The van der Waals surface area contributed by atoms with Crippen molar-refractivity contribution < 1.29 is 17.6 Å². The second kappa shape index (κ2) is 7.40. The number of nitrogens with one attached hydrogen (secondary N) is 1. The Morgan fingerprint density at radius 1 is 1.25 bits per heavy atom. The van der Waals surface area contributed by atoms with Gasteiger partial charge in [0.25, 0.3) is 0 Å². The summed E-state index contributed by atoms with van der Waals surface area (Å²) in [5, 5.41) is 3.41. The van der Waals surface area contributed by atoms with Crippen molar-refractivity contribution in [1.29, 1.82) is 0 Å². The fraction of sp³-hybridized carbons (Fsp3) is 0.222. The maximum atomic E-state index is 13.3. The van der Waals surface area contributed by atoms with Gasteiger partial charge in [0.1, 0.15) is 11.9 Å². The van der Waals surface area contributed by atoms with E-state index in [-0.39, 0.29) is 17.3 Å². The van der Waals surface area contributed by atoms with Gasteiger partial charge in [-0.05, 0) is 55.3 Å². The largest absolute Gasteiger partial charge is 0.301 e. The summed E-state index contributed by atoms with van der Waals surface area (Å²) in [4.78, 5) is 17.1. The van der Waals surface area contributed by atoms with E-state index < -0.39 is 22.0 Å². The molecule has 2 heterocycles. The number of thiazole rings is 1. The van der Waals surface area contributed by atoms with Crippen LogP contribution in [0.2, 0.25) is 5.02 Å². The molecule has 1 fully saturated rings. The second-order valence-electron chi connectivity index (χ2n) is 6.35. The predicted molar refractivity (Wildman–Crippen MR) is 107 cm³/mol. The van der Waals surface area contributed by atoms with E-state index in [9.17, 15) is 17.6 Å². The first-order chi connectivity index (χ1) is 13.3. The number of aromatic nitrogens is 1. The maximum absolute atomic E-state index is 13.3. The summed E-state index contributed by atoms with van der Waals surface area (Å²) in [6.45, 7) is 0.258. The van der Waals surface area contributed by atoms with Gasteiger partial charge in [0, 0.05) is 11.6 Å². The fourth-order valence-electron chi connectivity index (χ4n) is 3.17. The highest BCUT2D eigenvalue weighted by Gasteiger charge is 2.39. The third-order valence-electron chi connectivity index (χ3n) is 4.51. The second-order valence-corrected chi connectivity index (χ2v) is 9.71. The third kappa shape index (κ3) is 3.62. The van der Waals surface area contributed by atoms with Gasteiger partial charge in [0.15, 0.2) is 5.13 Å². The molecule has 1 atom stereocenters. The zero-order chi connectivity index (χ0) is 19.9. The minimum absolute atomic E-state index is 0.0899. The van der Waals surface area contributed by atoms with E-state index in [4.69, 9.17) is 11.6 Å². The average molecular weight is 440 g/mol. The van der Waals surface area contributed by atoms with Crippen LogP contribution in [0, 0.1) is 5.82 Å². The number of fused-ring (bicyclic) bond motifs is 1. The quantitative estimate of drug-likeness (QED) is 0.669. The molecule has 4 rings (SSSR count).